The Kier molecular flexibility index (Phi) is 4.57. The molecule has 0 aliphatic carbocycles. The van der Waals surface area contributed by atoms with Gasteiger partial charge in [-0.05, 0) is 25.1 Å². The quantitative estimate of drug-likeness (QED) is 0.872. The number of thiophene rings is 1. The summed E-state index contributed by atoms with van der Waals surface area (Å²) in [5.74, 6) is -0.213. The zero-order valence-corrected chi connectivity index (χ0v) is 14.7. The Morgan fingerprint density at radius 1 is 1.12 bits per heavy atom. The van der Waals surface area contributed by atoms with Crippen LogP contribution in [-0.2, 0) is 10.0 Å². The van der Waals surface area contributed by atoms with Gasteiger partial charge >= 0.3 is 0 Å². The molecule has 2 aromatic heterocycles. The van der Waals surface area contributed by atoms with Crippen molar-refractivity contribution >= 4 is 27.3 Å². The van der Waals surface area contributed by atoms with Crippen LogP contribution in [0.2, 0.25) is 0 Å². The molecule has 0 unspecified atom stereocenters. The highest BCUT2D eigenvalue weighted by Crippen LogP contribution is 2.25. The van der Waals surface area contributed by atoms with Crippen molar-refractivity contribution in [2.75, 3.05) is 26.2 Å². The first kappa shape index (κ1) is 16.9. The van der Waals surface area contributed by atoms with Crippen molar-refractivity contribution in [3.8, 4) is 0 Å². The molecule has 1 amide bonds. The number of piperazine rings is 1. The smallest absolute Gasteiger partial charge is 0.255 e. The highest BCUT2D eigenvalue weighted by Gasteiger charge is 2.31. The van der Waals surface area contributed by atoms with Crippen molar-refractivity contribution in [3.63, 3.8) is 0 Å². The van der Waals surface area contributed by atoms with E-state index in [1.807, 2.05) is 6.92 Å². The average molecular weight is 367 g/mol. The molecule has 0 bridgehead atoms. The van der Waals surface area contributed by atoms with Gasteiger partial charge in [0.25, 0.3) is 15.9 Å². The number of rotatable bonds is 3. The lowest BCUT2D eigenvalue weighted by Gasteiger charge is -2.33. The molecule has 3 rings (SSSR count). The molecule has 0 radical (unpaired) electrons. The lowest BCUT2D eigenvalue weighted by molar-refractivity contribution is 0.0697. The molecule has 0 atom stereocenters. The third kappa shape index (κ3) is 3.28. The minimum atomic E-state index is -3.49. The van der Waals surface area contributed by atoms with Crippen molar-refractivity contribution < 1.29 is 13.2 Å². The highest BCUT2D eigenvalue weighted by molar-refractivity contribution is 7.91. The van der Waals surface area contributed by atoms with E-state index in [0.29, 0.717) is 22.9 Å². The molecule has 3 heterocycles. The summed E-state index contributed by atoms with van der Waals surface area (Å²) in [6, 6.07) is 6.17. The summed E-state index contributed by atoms with van der Waals surface area (Å²) in [5, 5.41) is 0. The van der Waals surface area contributed by atoms with E-state index in [1.165, 1.54) is 34.0 Å². The molecule has 0 aromatic carbocycles. The number of pyridine rings is 1. The third-order valence-electron chi connectivity index (χ3n) is 3.87. The van der Waals surface area contributed by atoms with Gasteiger partial charge in [0.05, 0.1) is 5.56 Å². The lowest BCUT2D eigenvalue weighted by atomic mass is 10.2. The molecular weight excluding hydrogens is 350 g/mol. The molecule has 1 aliphatic heterocycles. The fourth-order valence-corrected chi connectivity index (χ4v) is 5.40. The molecule has 1 aliphatic rings. The lowest BCUT2D eigenvalue weighted by Crippen LogP contribution is -2.50. The van der Waals surface area contributed by atoms with Gasteiger partial charge in [0.2, 0.25) is 5.56 Å². The van der Waals surface area contributed by atoms with Crippen LogP contribution in [0.4, 0.5) is 0 Å². The number of hydrogen-bond acceptors (Lipinski definition) is 5. The molecule has 2 aromatic rings. The minimum absolute atomic E-state index is 0.213. The first-order valence-electron chi connectivity index (χ1n) is 7.42. The summed E-state index contributed by atoms with van der Waals surface area (Å²) in [7, 11) is -3.49. The summed E-state index contributed by atoms with van der Waals surface area (Å²) in [6.45, 7) is 3.02. The van der Waals surface area contributed by atoms with E-state index in [0.717, 1.165) is 4.88 Å². The van der Waals surface area contributed by atoms with Crippen molar-refractivity contribution in [2.24, 2.45) is 0 Å². The third-order valence-corrected chi connectivity index (χ3v) is 7.23. The largest absolute Gasteiger partial charge is 0.336 e. The molecule has 1 N–H and O–H groups in total. The van der Waals surface area contributed by atoms with E-state index < -0.39 is 10.0 Å². The van der Waals surface area contributed by atoms with Crippen LogP contribution in [0, 0.1) is 6.92 Å². The van der Waals surface area contributed by atoms with E-state index in [4.69, 9.17) is 0 Å². The Balaban J connectivity index is 1.68. The van der Waals surface area contributed by atoms with Crippen LogP contribution < -0.4 is 5.56 Å². The number of aromatic amines is 1. The zero-order valence-electron chi connectivity index (χ0n) is 13.1. The number of amides is 1. The van der Waals surface area contributed by atoms with Gasteiger partial charge < -0.3 is 9.88 Å². The van der Waals surface area contributed by atoms with Gasteiger partial charge in [-0.3, -0.25) is 9.59 Å². The number of H-pyrrole nitrogens is 1. The van der Waals surface area contributed by atoms with Gasteiger partial charge in [-0.2, -0.15) is 4.31 Å². The monoisotopic (exact) mass is 367 g/mol. The standard InChI is InChI=1S/C15H17N3O4S2/c1-11-2-5-14(23-11)24(21,22)18-8-6-17(7-9-18)15(20)12-3-4-13(19)16-10-12/h2-5,10H,6-9H2,1H3,(H,16,19). The molecule has 1 saturated heterocycles. The summed E-state index contributed by atoms with van der Waals surface area (Å²) in [6.07, 6.45) is 1.38. The van der Waals surface area contributed by atoms with Crippen LogP contribution in [0.5, 0.6) is 0 Å². The zero-order chi connectivity index (χ0) is 17.3. The van der Waals surface area contributed by atoms with Crippen LogP contribution >= 0.6 is 11.3 Å². The number of carbonyl (C=O) groups excluding carboxylic acids is 1. The maximum atomic E-state index is 12.6. The molecule has 0 spiro atoms. The van der Waals surface area contributed by atoms with Crippen molar-refractivity contribution in [3.05, 3.63) is 51.3 Å². The summed E-state index contributed by atoms with van der Waals surface area (Å²) < 4.78 is 26.9. The van der Waals surface area contributed by atoms with E-state index in [9.17, 15) is 18.0 Å². The number of aromatic nitrogens is 1. The van der Waals surface area contributed by atoms with Crippen molar-refractivity contribution in [1.82, 2.24) is 14.2 Å². The Morgan fingerprint density at radius 3 is 2.38 bits per heavy atom. The SMILES string of the molecule is Cc1ccc(S(=O)(=O)N2CCN(C(=O)c3ccc(=O)[nH]c3)CC2)s1. The normalized spacial score (nSPS) is 16.3. The predicted octanol–water partition coefficient (Wildman–Crippen LogP) is 0.892. The van der Waals surface area contributed by atoms with Crippen LogP contribution in [0.3, 0.4) is 0 Å². The van der Waals surface area contributed by atoms with Crippen LogP contribution in [0.15, 0.2) is 39.5 Å². The first-order valence-corrected chi connectivity index (χ1v) is 9.68. The number of nitrogens with one attached hydrogen (secondary N) is 1. The van der Waals surface area contributed by atoms with Gasteiger partial charge in [0.15, 0.2) is 0 Å². The van der Waals surface area contributed by atoms with Crippen LogP contribution in [-0.4, -0.2) is 54.7 Å². The van der Waals surface area contributed by atoms with Crippen LogP contribution in [0.1, 0.15) is 15.2 Å². The molecule has 0 saturated carbocycles. The summed E-state index contributed by atoms with van der Waals surface area (Å²) in [5.41, 5.74) is 0.119. The van der Waals surface area contributed by atoms with E-state index in [-0.39, 0.29) is 24.6 Å². The van der Waals surface area contributed by atoms with Crippen LogP contribution in [0.25, 0.3) is 0 Å². The molecule has 1 fully saturated rings. The Hall–Kier alpha value is -1.97. The number of aryl methyl sites for hydroxylation is 1. The summed E-state index contributed by atoms with van der Waals surface area (Å²) in [4.78, 5) is 28.4. The van der Waals surface area contributed by atoms with Gasteiger partial charge in [-0.15, -0.1) is 11.3 Å². The second-order valence-electron chi connectivity index (χ2n) is 5.50. The first-order chi connectivity index (χ1) is 11.4. The van der Waals surface area contributed by atoms with Gasteiger partial charge in [-0.1, -0.05) is 0 Å². The summed E-state index contributed by atoms with van der Waals surface area (Å²) >= 11 is 1.25. The van der Waals surface area contributed by atoms with Gasteiger partial charge in [-0.25, -0.2) is 8.42 Å². The molecule has 9 heteroatoms. The van der Waals surface area contributed by atoms with Crippen molar-refractivity contribution in [1.29, 1.82) is 0 Å². The maximum Gasteiger partial charge on any atom is 0.255 e. The second-order valence-corrected chi connectivity index (χ2v) is 8.96. The maximum absolute atomic E-state index is 12.6. The fraction of sp³-hybridized carbons (Fsp3) is 0.333. The van der Waals surface area contributed by atoms with E-state index in [1.54, 1.807) is 17.0 Å². The highest BCUT2D eigenvalue weighted by atomic mass is 32.2. The minimum Gasteiger partial charge on any atom is -0.336 e. The molecule has 7 nitrogen and oxygen atoms in total. The predicted molar refractivity (Wildman–Crippen MR) is 90.8 cm³/mol. The number of carbonyl (C=O) groups is 1. The Bertz CT molecular complexity index is 888. The number of hydrogen-bond donors (Lipinski definition) is 1. The Labute approximate surface area is 143 Å². The molecule has 24 heavy (non-hydrogen) atoms. The fourth-order valence-electron chi connectivity index (χ4n) is 2.54. The van der Waals surface area contributed by atoms with E-state index in [2.05, 4.69) is 4.98 Å². The number of sulfonamides is 1. The topological polar surface area (TPSA) is 90.6 Å². The van der Waals surface area contributed by atoms with Crippen molar-refractivity contribution in [2.45, 2.75) is 11.1 Å². The molecular formula is C15H17N3O4S2. The second kappa shape index (κ2) is 6.50. The van der Waals surface area contributed by atoms with E-state index >= 15 is 0 Å². The number of nitrogens with zero attached hydrogens (tertiary/aromatic N) is 2. The molecule has 128 valence electrons. The Morgan fingerprint density at radius 2 is 1.83 bits per heavy atom. The van der Waals surface area contributed by atoms with Gasteiger partial charge in [0.1, 0.15) is 4.21 Å². The van der Waals surface area contributed by atoms with Gasteiger partial charge in [0, 0.05) is 43.3 Å². The average Bonchev–Trinajstić information content (AvgIpc) is 3.02.